The Bertz CT molecular complexity index is 959. The molecule has 0 bridgehead atoms. The van der Waals surface area contributed by atoms with Crippen LogP contribution < -0.4 is 9.47 Å². The Hall–Kier alpha value is -2.53. The number of hydrogen-bond acceptors (Lipinski definition) is 4. The predicted octanol–water partition coefficient (Wildman–Crippen LogP) is 3.38. The van der Waals surface area contributed by atoms with Crippen LogP contribution in [0.5, 0.6) is 11.5 Å². The first-order valence-corrected chi connectivity index (χ1v) is 10.4. The summed E-state index contributed by atoms with van der Waals surface area (Å²) < 4.78 is 11.1. The second kappa shape index (κ2) is 6.49. The quantitative estimate of drug-likeness (QED) is 0.869. The second-order valence-corrected chi connectivity index (χ2v) is 8.43. The van der Waals surface area contributed by atoms with Gasteiger partial charge in [0.1, 0.15) is 0 Å². The molecule has 29 heavy (non-hydrogen) atoms. The van der Waals surface area contributed by atoms with Gasteiger partial charge in [0.25, 0.3) is 5.91 Å². The summed E-state index contributed by atoms with van der Waals surface area (Å²) in [5.41, 5.74) is 1.03. The summed E-state index contributed by atoms with van der Waals surface area (Å²) in [6.45, 7) is 0.618. The largest absolute Gasteiger partial charge is 0.493 e. The third kappa shape index (κ3) is 2.28. The molecule has 3 atom stereocenters. The number of rotatable bonds is 3. The van der Waals surface area contributed by atoms with Crippen LogP contribution in [0.25, 0.3) is 0 Å². The van der Waals surface area contributed by atoms with Crippen LogP contribution in [0.3, 0.4) is 0 Å². The van der Waals surface area contributed by atoms with E-state index in [1.165, 1.54) is 5.56 Å². The first-order chi connectivity index (χ1) is 14.1. The van der Waals surface area contributed by atoms with Crippen LogP contribution in [-0.2, 0) is 22.4 Å². The van der Waals surface area contributed by atoms with Crippen molar-refractivity contribution in [1.82, 2.24) is 4.90 Å². The van der Waals surface area contributed by atoms with Gasteiger partial charge in [-0.15, -0.1) is 0 Å². The zero-order valence-electron chi connectivity index (χ0n) is 17.0. The molecule has 5 nitrogen and oxygen atoms in total. The summed E-state index contributed by atoms with van der Waals surface area (Å²) in [4.78, 5) is 15.7. The van der Waals surface area contributed by atoms with Crippen LogP contribution in [0, 0.1) is 5.92 Å². The smallest absolute Gasteiger partial charge is 0.260 e. The van der Waals surface area contributed by atoms with Gasteiger partial charge in [0.05, 0.1) is 19.8 Å². The Kier molecular flexibility index (Phi) is 4.14. The Morgan fingerprint density at radius 2 is 1.79 bits per heavy atom. The maximum Gasteiger partial charge on any atom is 0.260 e. The lowest BCUT2D eigenvalue weighted by Gasteiger charge is -2.49. The van der Waals surface area contributed by atoms with Gasteiger partial charge in [-0.1, -0.05) is 43.2 Å². The van der Waals surface area contributed by atoms with E-state index in [2.05, 4.69) is 6.07 Å². The third-order valence-electron chi connectivity index (χ3n) is 7.33. The maximum absolute atomic E-state index is 13.7. The number of amides is 1. The fraction of sp³-hybridized carbons (Fsp3) is 0.458. The molecule has 0 radical (unpaired) electrons. The molecule has 1 spiro atoms. The number of ether oxygens (including phenoxy) is 2. The lowest BCUT2D eigenvalue weighted by atomic mass is 9.62. The van der Waals surface area contributed by atoms with Crippen molar-refractivity contribution in [2.24, 2.45) is 5.92 Å². The Balaban J connectivity index is 1.75. The fourth-order valence-corrected chi connectivity index (χ4v) is 6.12. The highest BCUT2D eigenvalue weighted by Crippen LogP contribution is 2.61. The van der Waals surface area contributed by atoms with Crippen molar-refractivity contribution in [3.63, 3.8) is 0 Å². The molecule has 2 aromatic rings. The number of carbonyl (C=O) groups excluding carboxylic acids is 1. The molecule has 1 saturated carbocycles. The van der Waals surface area contributed by atoms with Gasteiger partial charge in [0, 0.05) is 12.5 Å². The monoisotopic (exact) mass is 393 g/mol. The van der Waals surface area contributed by atoms with Crippen LogP contribution >= 0.6 is 0 Å². The molecular formula is C24H27NO4. The molecule has 2 fully saturated rings. The van der Waals surface area contributed by atoms with Gasteiger partial charge >= 0.3 is 0 Å². The van der Waals surface area contributed by atoms with Crippen molar-refractivity contribution >= 4 is 5.91 Å². The van der Waals surface area contributed by atoms with Crippen LogP contribution in [0.1, 0.15) is 42.4 Å². The first kappa shape index (κ1) is 18.5. The van der Waals surface area contributed by atoms with Gasteiger partial charge in [-0.2, -0.15) is 0 Å². The Morgan fingerprint density at radius 3 is 2.52 bits per heavy atom. The van der Waals surface area contributed by atoms with E-state index < -0.39 is 11.1 Å². The lowest BCUT2D eigenvalue weighted by Crippen LogP contribution is -2.52. The molecule has 1 amide bonds. The van der Waals surface area contributed by atoms with Gasteiger partial charge in [-0.05, 0) is 48.1 Å². The summed E-state index contributed by atoms with van der Waals surface area (Å²) in [7, 11) is 3.29. The topological polar surface area (TPSA) is 59.0 Å². The van der Waals surface area contributed by atoms with E-state index in [1.807, 2.05) is 41.3 Å². The zero-order valence-corrected chi connectivity index (χ0v) is 17.0. The van der Waals surface area contributed by atoms with Gasteiger partial charge in [0.2, 0.25) is 0 Å². The number of nitrogens with zero attached hydrogens (tertiary/aromatic N) is 1. The van der Waals surface area contributed by atoms with Crippen LogP contribution in [0.2, 0.25) is 0 Å². The van der Waals surface area contributed by atoms with Gasteiger partial charge in [0.15, 0.2) is 17.1 Å². The van der Waals surface area contributed by atoms with Crippen LogP contribution in [0.15, 0.2) is 42.5 Å². The second-order valence-electron chi connectivity index (χ2n) is 8.43. The molecule has 0 aromatic heterocycles. The van der Waals surface area contributed by atoms with Crippen molar-refractivity contribution in [1.29, 1.82) is 0 Å². The van der Waals surface area contributed by atoms with E-state index >= 15 is 0 Å². The molecular weight excluding hydrogens is 366 g/mol. The van der Waals surface area contributed by atoms with Gasteiger partial charge < -0.3 is 19.5 Å². The number of methoxy groups -OCH3 is 2. The molecule has 1 aliphatic carbocycles. The fourth-order valence-electron chi connectivity index (χ4n) is 6.12. The van der Waals surface area contributed by atoms with Crippen molar-refractivity contribution in [2.75, 3.05) is 20.8 Å². The molecule has 1 saturated heterocycles. The van der Waals surface area contributed by atoms with E-state index in [0.29, 0.717) is 23.6 Å². The number of carbonyl (C=O) groups is 1. The molecule has 5 heteroatoms. The summed E-state index contributed by atoms with van der Waals surface area (Å²) >= 11 is 0. The van der Waals surface area contributed by atoms with E-state index in [4.69, 9.17) is 9.47 Å². The number of hydrogen-bond donors (Lipinski definition) is 1. The normalized spacial score (nSPS) is 30.4. The van der Waals surface area contributed by atoms with Crippen LogP contribution in [-0.4, -0.2) is 36.7 Å². The zero-order chi connectivity index (χ0) is 20.2. The highest BCUT2D eigenvalue weighted by molar-refractivity contribution is 5.91. The maximum atomic E-state index is 13.7. The average molecular weight is 393 g/mol. The standard InChI is InChI=1S/C24H27NO4/c1-28-19-14-16-11-13-25-22(26)24(27,17-8-4-3-5-9-17)21-10-6-7-12-23(21,25)18(16)15-20(19)29-2/h3-5,8-9,14-15,21,27H,6-7,10-13H2,1-2H3/t21-,23+,24?/m0/s1. The highest BCUT2D eigenvalue weighted by Gasteiger charge is 2.68. The lowest BCUT2D eigenvalue weighted by molar-refractivity contribution is -0.147. The molecule has 1 N–H and O–H groups in total. The average Bonchev–Trinajstić information content (AvgIpc) is 2.98. The third-order valence-corrected chi connectivity index (χ3v) is 7.33. The van der Waals surface area contributed by atoms with Crippen molar-refractivity contribution < 1.29 is 19.4 Å². The molecule has 2 aliphatic heterocycles. The first-order valence-electron chi connectivity index (χ1n) is 10.4. The summed E-state index contributed by atoms with van der Waals surface area (Å²) in [5, 5.41) is 12.0. The molecule has 3 aliphatic rings. The minimum absolute atomic E-state index is 0.156. The number of aliphatic hydroxyl groups is 1. The highest BCUT2D eigenvalue weighted by atomic mass is 16.5. The van der Waals surface area contributed by atoms with Crippen molar-refractivity contribution in [3.8, 4) is 11.5 Å². The SMILES string of the molecule is COc1cc2c(cc1OC)[C@]13CCCC[C@@H]1C(O)(c1ccccc1)C(=O)N3CC2. The molecule has 152 valence electrons. The van der Waals surface area contributed by atoms with Gasteiger partial charge in [-0.25, -0.2) is 0 Å². The summed E-state index contributed by atoms with van der Waals surface area (Å²) in [5.74, 6) is 1.05. The summed E-state index contributed by atoms with van der Waals surface area (Å²) in [6.07, 6.45) is 4.49. The molecule has 2 heterocycles. The number of benzene rings is 2. The molecule has 2 aromatic carbocycles. The van der Waals surface area contributed by atoms with E-state index in [9.17, 15) is 9.90 Å². The van der Waals surface area contributed by atoms with Crippen molar-refractivity contribution in [3.05, 3.63) is 59.2 Å². The Morgan fingerprint density at radius 1 is 1.07 bits per heavy atom. The Labute approximate surface area is 171 Å². The van der Waals surface area contributed by atoms with Crippen LogP contribution in [0.4, 0.5) is 0 Å². The van der Waals surface area contributed by atoms with Gasteiger partial charge in [-0.3, -0.25) is 4.79 Å². The molecule has 5 rings (SSSR count). The number of fused-ring (bicyclic) bond motifs is 1. The summed E-state index contributed by atoms with van der Waals surface area (Å²) in [6, 6.07) is 13.6. The van der Waals surface area contributed by atoms with E-state index in [0.717, 1.165) is 37.7 Å². The minimum Gasteiger partial charge on any atom is -0.493 e. The molecule has 1 unspecified atom stereocenters. The van der Waals surface area contributed by atoms with Crippen molar-refractivity contribution in [2.45, 2.75) is 43.2 Å². The van der Waals surface area contributed by atoms with E-state index in [-0.39, 0.29) is 11.8 Å². The van der Waals surface area contributed by atoms with E-state index in [1.54, 1.807) is 14.2 Å². The minimum atomic E-state index is -1.49. The predicted molar refractivity (Wildman–Crippen MR) is 109 cm³/mol.